The second kappa shape index (κ2) is 4.53. The van der Waals surface area contributed by atoms with E-state index in [9.17, 15) is 5.11 Å². The van der Waals surface area contributed by atoms with Gasteiger partial charge in [-0.15, -0.1) is 0 Å². The number of aliphatic hydroxyl groups is 1. The van der Waals surface area contributed by atoms with Gasteiger partial charge in [-0.05, 0) is 25.0 Å². The molecule has 0 saturated carbocycles. The zero-order chi connectivity index (χ0) is 10.7. The van der Waals surface area contributed by atoms with E-state index in [2.05, 4.69) is 11.0 Å². The maximum absolute atomic E-state index is 9.42. The number of hydrogen-bond acceptors (Lipinski definition) is 3. The van der Waals surface area contributed by atoms with Gasteiger partial charge in [0.2, 0.25) is 0 Å². The average Bonchev–Trinajstić information content (AvgIpc) is 2.30. The molecule has 0 atom stereocenters. The fourth-order valence-electron chi connectivity index (χ4n) is 1.93. The van der Waals surface area contributed by atoms with Gasteiger partial charge in [-0.1, -0.05) is 6.07 Å². The number of nitrogens with zero attached hydrogens (tertiary/aromatic N) is 1. The number of aliphatic hydroxyl groups excluding tert-OH is 1. The molecule has 0 aliphatic carbocycles. The molecule has 0 aromatic heterocycles. The van der Waals surface area contributed by atoms with Crippen molar-refractivity contribution in [2.75, 3.05) is 25.1 Å². The zero-order valence-electron chi connectivity index (χ0n) is 9.02. The zero-order valence-corrected chi connectivity index (χ0v) is 9.02. The fraction of sp³-hybridized carbons (Fsp3) is 0.500. The van der Waals surface area contributed by atoms with E-state index in [-0.39, 0.29) is 6.10 Å². The van der Waals surface area contributed by atoms with Crippen molar-refractivity contribution in [3.63, 3.8) is 0 Å². The molecule has 1 aliphatic heterocycles. The Bertz CT molecular complexity index is 319. The third-order valence-electron chi connectivity index (χ3n) is 2.88. The lowest BCUT2D eigenvalue weighted by molar-refractivity contribution is 0.145. The Hall–Kier alpha value is -1.22. The molecule has 1 saturated heterocycles. The topological polar surface area (TPSA) is 32.7 Å². The van der Waals surface area contributed by atoms with Crippen molar-refractivity contribution in [2.45, 2.75) is 18.9 Å². The molecular weight excluding hydrogens is 190 g/mol. The van der Waals surface area contributed by atoms with Crippen LogP contribution in [0.2, 0.25) is 0 Å². The first-order valence-electron chi connectivity index (χ1n) is 5.36. The highest BCUT2D eigenvalue weighted by Crippen LogP contribution is 2.23. The highest BCUT2D eigenvalue weighted by atomic mass is 16.5. The van der Waals surface area contributed by atoms with Crippen LogP contribution >= 0.6 is 0 Å². The third-order valence-corrected chi connectivity index (χ3v) is 2.88. The quantitative estimate of drug-likeness (QED) is 0.800. The second-order valence-corrected chi connectivity index (χ2v) is 3.92. The molecule has 1 aromatic rings. The second-order valence-electron chi connectivity index (χ2n) is 3.92. The first-order valence-corrected chi connectivity index (χ1v) is 5.36. The molecule has 1 N–H and O–H groups in total. The van der Waals surface area contributed by atoms with E-state index in [4.69, 9.17) is 4.74 Å². The summed E-state index contributed by atoms with van der Waals surface area (Å²) < 4.78 is 5.19. The van der Waals surface area contributed by atoms with E-state index in [1.54, 1.807) is 7.11 Å². The van der Waals surface area contributed by atoms with Crippen molar-refractivity contribution in [2.24, 2.45) is 0 Å². The smallest absolute Gasteiger partial charge is 0.120 e. The largest absolute Gasteiger partial charge is 0.497 e. The maximum Gasteiger partial charge on any atom is 0.120 e. The summed E-state index contributed by atoms with van der Waals surface area (Å²) in [6, 6.07) is 8.07. The molecule has 0 spiro atoms. The Morgan fingerprint density at radius 3 is 2.73 bits per heavy atom. The van der Waals surface area contributed by atoms with Gasteiger partial charge >= 0.3 is 0 Å². The SMILES string of the molecule is COc1cccc(N2CCC(O)CC2)c1. The molecule has 3 heteroatoms. The van der Waals surface area contributed by atoms with E-state index < -0.39 is 0 Å². The van der Waals surface area contributed by atoms with Crippen molar-refractivity contribution in [3.05, 3.63) is 24.3 Å². The third kappa shape index (κ3) is 2.42. The van der Waals surface area contributed by atoms with Gasteiger partial charge in [0.1, 0.15) is 5.75 Å². The van der Waals surface area contributed by atoms with Gasteiger partial charge < -0.3 is 14.7 Å². The summed E-state index contributed by atoms with van der Waals surface area (Å²) in [6.07, 6.45) is 1.60. The Balaban J connectivity index is 2.08. The Labute approximate surface area is 90.3 Å². The van der Waals surface area contributed by atoms with Gasteiger partial charge in [-0.25, -0.2) is 0 Å². The molecule has 0 radical (unpaired) electrons. The van der Waals surface area contributed by atoms with E-state index in [1.807, 2.05) is 18.2 Å². The number of piperidine rings is 1. The molecule has 2 rings (SSSR count). The molecule has 82 valence electrons. The summed E-state index contributed by atoms with van der Waals surface area (Å²) in [4.78, 5) is 2.29. The molecule has 3 nitrogen and oxygen atoms in total. The lowest BCUT2D eigenvalue weighted by atomic mass is 10.1. The molecule has 0 bridgehead atoms. The lowest BCUT2D eigenvalue weighted by Gasteiger charge is -2.31. The van der Waals surface area contributed by atoms with Crippen molar-refractivity contribution in [3.8, 4) is 5.75 Å². The van der Waals surface area contributed by atoms with Crippen molar-refractivity contribution < 1.29 is 9.84 Å². The first kappa shape index (κ1) is 10.3. The van der Waals surface area contributed by atoms with Crippen molar-refractivity contribution in [1.82, 2.24) is 0 Å². The van der Waals surface area contributed by atoms with Crippen LogP contribution in [0.15, 0.2) is 24.3 Å². The fourth-order valence-corrected chi connectivity index (χ4v) is 1.93. The van der Waals surface area contributed by atoms with Crippen LogP contribution in [0, 0.1) is 0 Å². The van der Waals surface area contributed by atoms with E-state index in [1.165, 1.54) is 5.69 Å². The standard InChI is InChI=1S/C12H17NO2/c1-15-12-4-2-3-10(9-12)13-7-5-11(14)6-8-13/h2-4,9,11,14H,5-8H2,1H3. The van der Waals surface area contributed by atoms with Crippen LogP contribution in [0.5, 0.6) is 5.75 Å². The number of methoxy groups -OCH3 is 1. The minimum Gasteiger partial charge on any atom is -0.497 e. The minimum atomic E-state index is -0.119. The molecule has 0 amide bonds. The van der Waals surface area contributed by atoms with E-state index in [0.29, 0.717) is 0 Å². The predicted molar refractivity (Wildman–Crippen MR) is 60.4 cm³/mol. The summed E-state index contributed by atoms with van der Waals surface area (Å²) in [7, 11) is 1.68. The molecule has 1 heterocycles. The van der Waals surface area contributed by atoms with Gasteiger partial charge in [-0.3, -0.25) is 0 Å². The van der Waals surface area contributed by atoms with Crippen LogP contribution in [0.1, 0.15) is 12.8 Å². The van der Waals surface area contributed by atoms with Gasteiger partial charge in [0.15, 0.2) is 0 Å². The average molecular weight is 207 g/mol. The highest BCUT2D eigenvalue weighted by Gasteiger charge is 2.17. The number of anilines is 1. The highest BCUT2D eigenvalue weighted by molar-refractivity contribution is 5.51. The minimum absolute atomic E-state index is 0.119. The first-order chi connectivity index (χ1) is 7.29. The van der Waals surface area contributed by atoms with Crippen LogP contribution in [0.4, 0.5) is 5.69 Å². The van der Waals surface area contributed by atoms with E-state index in [0.717, 1.165) is 31.7 Å². The summed E-state index contributed by atoms with van der Waals surface area (Å²) >= 11 is 0. The monoisotopic (exact) mass is 207 g/mol. The summed E-state index contributed by atoms with van der Waals surface area (Å²) in [5, 5.41) is 9.42. The number of rotatable bonds is 2. The Morgan fingerprint density at radius 1 is 1.33 bits per heavy atom. The lowest BCUT2D eigenvalue weighted by Crippen LogP contribution is -2.35. The number of ether oxygens (including phenoxy) is 1. The molecule has 1 aliphatic rings. The summed E-state index contributed by atoms with van der Waals surface area (Å²) in [5.41, 5.74) is 1.18. The summed E-state index contributed by atoms with van der Waals surface area (Å²) in [6.45, 7) is 1.85. The summed E-state index contributed by atoms with van der Waals surface area (Å²) in [5.74, 6) is 0.888. The number of hydrogen-bond donors (Lipinski definition) is 1. The predicted octanol–water partition coefficient (Wildman–Crippen LogP) is 1.66. The van der Waals surface area contributed by atoms with Crippen LogP contribution in [0.3, 0.4) is 0 Å². The molecular formula is C12H17NO2. The van der Waals surface area contributed by atoms with Gasteiger partial charge in [0, 0.05) is 24.8 Å². The van der Waals surface area contributed by atoms with Crippen LogP contribution in [-0.4, -0.2) is 31.4 Å². The van der Waals surface area contributed by atoms with Crippen molar-refractivity contribution >= 4 is 5.69 Å². The molecule has 1 fully saturated rings. The van der Waals surface area contributed by atoms with Crippen LogP contribution in [-0.2, 0) is 0 Å². The molecule has 1 aromatic carbocycles. The Morgan fingerprint density at radius 2 is 2.07 bits per heavy atom. The molecule has 15 heavy (non-hydrogen) atoms. The Kier molecular flexibility index (Phi) is 3.11. The van der Waals surface area contributed by atoms with Gasteiger partial charge in [0.25, 0.3) is 0 Å². The van der Waals surface area contributed by atoms with Crippen LogP contribution in [0.25, 0.3) is 0 Å². The molecule has 0 unspecified atom stereocenters. The van der Waals surface area contributed by atoms with Gasteiger partial charge in [0.05, 0.1) is 13.2 Å². The van der Waals surface area contributed by atoms with Gasteiger partial charge in [-0.2, -0.15) is 0 Å². The number of benzene rings is 1. The van der Waals surface area contributed by atoms with E-state index >= 15 is 0 Å². The van der Waals surface area contributed by atoms with Crippen molar-refractivity contribution in [1.29, 1.82) is 0 Å². The normalized spacial score (nSPS) is 17.9. The maximum atomic E-state index is 9.42. The van der Waals surface area contributed by atoms with Crippen LogP contribution < -0.4 is 9.64 Å².